The third kappa shape index (κ3) is 3.22. The van der Waals surface area contributed by atoms with Crippen LogP contribution in [0, 0.1) is 0 Å². The van der Waals surface area contributed by atoms with Crippen molar-refractivity contribution in [3.8, 4) is 0 Å². The first-order valence-electron chi connectivity index (χ1n) is 5.33. The Kier molecular flexibility index (Phi) is 4.18. The predicted molar refractivity (Wildman–Crippen MR) is 76.5 cm³/mol. The first kappa shape index (κ1) is 12.9. The van der Waals surface area contributed by atoms with E-state index in [1.807, 2.05) is 31.2 Å². The zero-order chi connectivity index (χ0) is 13.0. The van der Waals surface area contributed by atoms with Gasteiger partial charge in [-0.3, -0.25) is 5.43 Å². The first-order valence-corrected chi connectivity index (χ1v) is 6.09. The van der Waals surface area contributed by atoms with E-state index in [0.717, 1.165) is 11.3 Å². The van der Waals surface area contributed by atoms with Crippen molar-refractivity contribution in [2.24, 2.45) is 5.10 Å². The second-order valence-electron chi connectivity index (χ2n) is 3.65. The van der Waals surface area contributed by atoms with E-state index in [2.05, 4.69) is 15.5 Å². The van der Waals surface area contributed by atoms with Crippen molar-refractivity contribution in [2.45, 2.75) is 6.92 Å². The molecule has 0 aliphatic rings. The number of aromatic nitrogens is 1. The Labute approximate surface area is 115 Å². The van der Waals surface area contributed by atoms with Gasteiger partial charge in [0.2, 0.25) is 0 Å². The molecule has 3 nitrogen and oxygen atoms in total. The summed E-state index contributed by atoms with van der Waals surface area (Å²) in [7, 11) is 0. The van der Waals surface area contributed by atoms with Gasteiger partial charge in [0.15, 0.2) is 0 Å². The smallest absolute Gasteiger partial charge is 0.146 e. The first-order chi connectivity index (χ1) is 8.66. The molecule has 92 valence electrons. The van der Waals surface area contributed by atoms with Gasteiger partial charge in [-0.1, -0.05) is 35.3 Å². The number of rotatable bonds is 3. The Morgan fingerprint density at radius 2 is 2.06 bits per heavy atom. The molecule has 0 aliphatic heterocycles. The predicted octanol–water partition coefficient (Wildman–Crippen LogP) is 4.22. The van der Waals surface area contributed by atoms with Crippen molar-refractivity contribution < 1.29 is 0 Å². The third-order valence-corrected chi connectivity index (χ3v) is 2.87. The second-order valence-corrected chi connectivity index (χ2v) is 4.49. The van der Waals surface area contributed by atoms with Crippen LogP contribution in [0.1, 0.15) is 12.5 Å². The van der Waals surface area contributed by atoms with E-state index in [1.54, 1.807) is 18.3 Å². The minimum absolute atomic E-state index is 0.576. The second kappa shape index (κ2) is 5.85. The van der Waals surface area contributed by atoms with Crippen LogP contribution in [0.15, 0.2) is 47.7 Å². The maximum absolute atomic E-state index is 6.10. The van der Waals surface area contributed by atoms with Crippen LogP contribution in [0.5, 0.6) is 0 Å². The Hall–Kier alpha value is -1.58. The molecule has 18 heavy (non-hydrogen) atoms. The number of benzene rings is 1. The van der Waals surface area contributed by atoms with E-state index in [4.69, 9.17) is 23.2 Å². The molecule has 2 aromatic rings. The maximum Gasteiger partial charge on any atom is 0.146 e. The van der Waals surface area contributed by atoms with Crippen LogP contribution < -0.4 is 5.43 Å². The standard InChI is InChI=1S/C13H11Cl2N3/c1-9(11-6-5-10(14)8-12(11)15)17-18-13-4-2-3-7-16-13/h2-8H,1H3,(H,16,18). The molecule has 0 bridgehead atoms. The van der Waals surface area contributed by atoms with E-state index in [0.29, 0.717) is 15.9 Å². The average Bonchev–Trinajstić information content (AvgIpc) is 2.37. The number of hydrogen-bond donors (Lipinski definition) is 1. The minimum Gasteiger partial charge on any atom is -0.261 e. The quantitative estimate of drug-likeness (QED) is 0.675. The molecule has 1 N–H and O–H groups in total. The van der Waals surface area contributed by atoms with E-state index < -0.39 is 0 Å². The largest absolute Gasteiger partial charge is 0.261 e. The van der Waals surface area contributed by atoms with Crippen LogP contribution in [-0.2, 0) is 0 Å². The highest BCUT2D eigenvalue weighted by atomic mass is 35.5. The molecule has 0 atom stereocenters. The van der Waals surface area contributed by atoms with E-state index in [-0.39, 0.29) is 0 Å². The van der Waals surface area contributed by atoms with Crippen LogP contribution in [0.3, 0.4) is 0 Å². The number of hydrogen-bond acceptors (Lipinski definition) is 3. The minimum atomic E-state index is 0.576. The van der Waals surface area contributed by atoms with Crippen molar-refractivity contribution in [3.63, 3.8) is 0 Å². The average molecular weight is 280 g/mol. The molecule has 0 saturated heterocycles. The van der Waals surface area contributed by atoms with Gasteiger partial charge in [-0.05, 0) is 31.2 Å². The van der Waals surface area contributed by atoms with Gasteiger partial charge in [0.05, 0.1) is 10.7 Å². The number of halogens is 2. The summed E-state index contributed by atoms with van der Waals surface area (Å²) in [6.07, 6.45) is 1.70. The van der Waals surface area contributed by atoms with Crippen molar-refractivity contribution in [2.75, 3.05) is 5.43 Å². The zero-order valence-corrected chi connectivity index (χ0v) is 11.2. The van der Waals surface area contributed by atoms with E-state index in [9.17, 15) is 0 Å². The highest BCUT2D eigenvalue weighted by Crippen LogP contribution is 2.21. The molecular weight excluding hydrogens is 269 g/mol. The fourth-order valence-corrected chi connectivity index (χ4v) is 1.96. The van der Waals surface area contributed by atoms with Crippen LogP contribution in [0.4, 0.5) is 5.82 Å². The van der Waals surface area contributed by atoms with Crippen molar-refractivity contribution in [3.05, 3.63) is 58.2 Å². The number of nitrogens with one attached hydrogen (secondary N) is 1. The van der Waals surface area contributed by atoms with Gasteiger partial charge in [0.1, 0.15) is 5.82 Å². The monoisotopic (exact) mass is 279 g/mol. The highest BCUT2D eigenvalue weighted by Gasteiger charge is 2.04. The highest BCUT2D eigenvalue weighted by molar-refractivity contribution is 6.37. The number of nitrogens with zero attached hydrogens (tertiary/aromatic N) is 2. The molecule has 0 amide bonds. The molecule has 0 unspecified atom stereocenters. The molecule has 1 aromatic carbocycles. The Morgan fingerprint density at radius 3 is 2.72 bits per heavy atom. The fourth-order valence-electron chi connectivity index (χ4n) is 1.41. The summed E-state index contributed by atoms with van der Waals surface area (Å²) in [5, 5.41) is 5.41. The maximum atomic E-state index is 6.10. The van der Waals surface area contributed by atoms with E-state index in [1.165, 1.54) is 0 Å². The molecule has 2 rings (SSSR count). The lowest BCUT2D eigenvalue weighted by Crippen LogP contribution is -2.01. The summed E-state index contributed by atoms with van der Waals surface area (Å²) >= 11 is 11.9. The molecule has 0 radical (unpaired) electrons. The summed E-state index contributed by atoms with van der Waals surface area (Å²) < 4.78 is 0. The summed E-state index contributed by atoms with van der Waals surface area (Å²) in [4.78, 5) is 4.11. The Morgan fingerprint density at radius 1 is 1.22 bits per heavy atom. The van der Waals surface area contributed by atoms with Gasteiger partial charge >= 0.3 is 0 Å². The van der Waals surface area contributed by atoms with Gasteiger partial charge in [-0.25, -0.2) is 4.98 Å². The lowest BCUT2D eigenvalue weighted by atomic mass is 10.1. The van der Waals surface area contributed by atoms with Crippen LogP contribution in [0.2, 0.25) is 10.0 Å². The summed E-state index contributed by atoms with van der Waals surface area (Å²) in [6.45, 7) is 1.87. The topological polar surface area (TPSA) is 37.3 Å². The molecule has 1 heterocycles. The molecule has 0 saturated carbocycles. The molecule has 1 aromatic heterocycles. The van der Waals surface area contributed by atoms with E-state index >= 15 is 0 Å². The third-order valence-electron chi connectivity index (χ3n) is 2.32. The van der Waals surface area contributed by atoms with Crippen LogP contribution in [-0.4, -0.2) is 10.7 Å². The van der Waals surface area contributed by atoms with Crippen molar-refractivity contribution in [1.29, 1.82) is 0 Å². The molecule has 0 fully saturated rings. The summed E-state index contributed by atoms with van der Waals surface area (Å²) in [5.74, 6) is 0.682. The van der Waals surface area contributed by atoms with Crippen molar-refractivity contribution in [1.82, 2.24) is 4.98 Å². The zero-order valence-electron chi connectivity index (χ0n) is 9.69. The van der Waals surface area contributed by atoms with Crippen LogP contribution >= 0.6 is 23.2 Å². The lowest BCUT2D eigenvalue weighted by Gasteiger charge is -2.05. The van der Waals surface area contributed by atoms with Gasteiger partial charge < -0.3 is 0 Å². The Bertz CT molecular complexity index is 568. The van der Waals surface area contributed by atoms with Gasteiger partial charge in [0, 0.05) is 16.8 Å². The Balaban J connectivity index is 2.18. The number of anilines is 1. The SMILES string of the molecule is CC(=NNc1ccccn1)c1ccc(Cl)cc1Cl. The van der Waals surface area contributed by atoms with Gasteiger partial charge in [-0.2, -0.15) is 5.10 Å². The van der Waals surface area contributed by atoms with Gasteiger partial charge in [-0.15, -0.1) is 0 Å². The van der Waals surface area contributed by atoms with Crippen molar-refractivity contribution >= 4 is 34.7 Å². The molecule has 0 spiro atoms. The van der Waals surface area contributed by atoms with Gasteiger partial charge in [0.25, 0.3) is 0 Å². The molecular formula is C13H11Cl2N3. The molecule has 5 heteroatoms. The number of hydrazone groups is 1. The number of pyridine rings is 1. The molecule has 0 aliphatic carbocycles. The summed E-state index contributed by atoms with van der Waals surface area (Å²) in [5.41, 5.74) is 4.47. The normalized spacial score (nSPS) is 11.4. The van der Waals surface area contributed by atoms with Crippen LogP contribution in [0.25, 0.3) is 0 Å². The lowest BCUT2D eigenvalue weighted by molar-refractivity contribution is 1.22. The summed E-state index contributed by atoms with van der Waals surface area (Å²) in [6, 6.07) is 10.9. The fraction of sp³-hybridized carbons (Fsp3) is 0.0769.